The lowest BCUT2D eigenvalue weighted by atomic mass is 9.99. The molecule has 5 atom stereocenters. The molecular weight excluding hydrogens is 364 g/mol. The number of carbonyl (C=O) groups excluding carboxylic acids is 1. The fourth-order valence-electron chi connectivity index (χ4n) is 2.49. The van der Waals surface area contributed by atoms with Gasteiger partial charge >= 0.3 is 5.97 Å². The van der Waals surface area contributed by atoms with E-state index in [-0.39, 0.29) is 17.2 Å². The molecule has 10 nitrogen and oxygen atoms in total. The Labute approximate surface area is 154 Å². The molecule has 0 aliphatic carbocycles. The molecule has 0 spiro atoms. The zero-order chi connectivity index (χ0) is 20.1. The molecule has 1 aromatic carbocycles. The van der Waals surface area contributed by atoms with Gasteiger partial charge in [-0.1, -0.05) is 0 Å². The van der Waals surface area contributed by atoms with Crippen molar-refractivity contribution in [2.24, 2.45) is 0 Å². The van der Waals surface area contributed by atoms with Crippen molar-refractivity contribution in [3.8, 4) is 17.2 Å². The van der Waals surface area contributed by atoms with Gasteiger partial charge in [0.1, 0.15) is 24.4 Å². The van der Waals surface area contributed by atoms with E-state index >= 15 is 0 Å². The molecule has 0 aromatic heterocycles. The van der Waals surface area contributed by atoms with Gasteiger partial charge in [0.05, 0.1) is 20.8 Å². The molecule has 0 bridgehead atoms. The number of hydrogen-bond donors (Lipinski definition) is 5. The highest BCUT2D eigenvalue weighted by molar-refractivity contribution is 5.87. The summed E-state index contributed by atoms with van der Waals surface area (Å²) in [5.74, 6) is -0.834. The minimum Gasteiger partial charge on any atom is -0.502 e. The fraction of sp³-hybridized carbons (Fsp3) is 0.471. The molecule has 5 N–H and O–H groups in total. The molecule has 10 heteroatoms. The average Bonchev–Trinajstić information content (AvgIpc) is 2.67. The van der Waals surface area contributed by atoms with Crippen LogP contribution in [0.2, 0.25) is 0 Å². The van der Waals surface area contributed by atoms with E-state index in [1.165, 1.54) is 32.4 Å². The Balaban J connectivity index is 2.09. The van der Waals surface area contributed by atoms with Crippen molar-refractivity contribution in [1.82, 2.24) is 0 Å². The molecule has 1 heterocycles. The van der Waals surface area contributed by atoms with Crippen molar-refractivity contribution in [2.45, 2.75) is 30.7 Å². The molecule has 2 rings (SSSR count). The summed E-state index contributed by atoms with van der Waals surface area (Å²) in [5.41, 5.74) is 0.451. The van der Waals surface area contributed by atoms with Crippen molar-refractivity contribution in [1.29, 1.82) is 0 Å². The summed E-state index contributed by atoms with van der Waals surface area (Å²) in [6.45, 7) is -0.637. The summed E-state index contributed by atoms with van der Waals surface area (Å²) in [5, 5.41) is 48.2. The van der Waals surface area contributed by atoms with E-state index < -0.39 is 43.3 Å². The molecule has 1 aliphatic heterocycles. The highest BCUT2D eigenvalue weighted by Gasteiger charge is 2.45. The number of rotatable bonds is 6. The molecule has 27 heavy (non-hydrogen) atoms. The van der Waals surface area contributed by atoms with Crippen molar-refractivity contribution in [3.63, 3.8) is 0 Å². The molecule has 0 unspecified atom stereocenters. The summed E-state index contributed by atoms with van der Waals surface area (Å²) in [4.78, 5) is 12.0. The SMILES string of the molecule is COc1cc(C=CC(=O)O[C@H]2O[C@H](CO)[C@@H](O)[C@H](O)[C@H]2O)cc(OC)c1O. The maximum absolute atomic E-state index is 12.0. The van der Waals surface area contributed by atoms with Crippen LogP contribution in [-0.2, 0) is 14.3 Å². The summed E-state index contributed by atoms with van der Waals surface area (Å²) in [6.07, 6.45) is -5.27. The molecule has 0 radical (unpaired) electrons. The summed E-state index contributed by atoms with van der Waals surface area (Å²) >= 11 is 0. The van der Waals surface area contributed by atoms with Gasteiger partial charge in [0.25, 0.3) is 0 Å². The number of ether oxygens (including phenoxy) is 4. The summed E-state index contributed by atoms with van der Waals surface area (Å²) < 4.78 is 20.0. The molecule has 1 saturated heterocycles. The Morgan fingerprint density at radius 3 is 2.22 bits per heavy atom. The third kappa shape index (κ3) is 4.67. The zero-order valence-electron chi connectivity index (χ0n) is 14.7. The molecule has 150 valence electrons. The lowest BCUT2D eigenvalue weighted by Crippen LogP contribution is -2.59. The van der Waals surface area contributed by atoms with Gasteiger partial charge < -0.3 is 44.5 Å². The van der Waals surface area contributed by atoms with Gasteiger partial charge in [-0.15, -0.1) is 0 Å². The van der Waals surface area contributed by atoms with Gasteiger partial charge in [0, 0.05) is 6.08 Å². The molecule has 0 amide bonds. The normalized spacial score (nSPS) is 28.1. The minimum absolute atomic E-state index is 0.135. The average molecular weight is 386 g/mol. The van der Waals surface area contributed by atoms with E-state index in [1.54, 1.807) is 0 Å². The second-order valence-corrected chi connectivity index (χ2v) is 5.74. The van der Waals surface area contributed by atoms with Crippen LogP contribution in [0.25, 0.3) is 6.08 Å². The Kier molecular flexibility index (Phi) is 6.99. The van der Waals surface area contributed by atoms with E-state index in [1.807, 2.05) is 0 Å². The predicted octanol–water partition coefficient (Wildman–Crippen LogP) is -1.23. The second kappa shape index (κ2) is 9.02. The van der Waals surface area contributed by atoms with E-state index in [2.05, 4.69) is 0 Å². The topological polar surface area (TPSA) is 155 Å². The van der Waals surface area contributed by atoms with Gasteiger partial charge in [-0.05, 0) is 23.8 Å². The first-order valence-electron chi connectivity index (χ1n) is 7.96. The number of aromatic hydroxyl groups is 1. The van der Waals surface area contributed by atoms with Gasteiger partial charge in [0.2, 0.25) is 12.0 Å². The number of benzene rings is 1. The van der Waals surface area contributed by atoms with Crippen LogP contribution in [0, 0.1) is 0 Å². The van der Waals surface area contributed by atoms with Crippen LogP contribution < -0.4 is 9.47 Å². The highest BCUT2D eigenvalue weighted by Crippen LogP contribution is 2.37. The first-order valence-corrected chi connectivity index (χ1v) is 7.96. The smallest absolute Gasteiger partial charge is 0.333 e. The Morgan fingerprint density at radius 2 is 1.70 bits per heavy atom. The predicted molar refractivity (Wildman–Crippen MR) is 90.1 cm³/mol. The highest BCUT2D eigenvalue weighted by atomic mass is 16.7. The third-order valence-electron chi connectivity index (χ3n) is 3.99. The first-order chi connectivity index (χ1) is 12.8. The van der Waals surface area contributed by atoms with Gasteiger partial charge in [0.15, 0.2) is 11.5 Å². The van der Waals surface area contributed by atoms with E-state index in [0.29, 0.717) is 5.56 Å². The number of aliphatic hydroxyl groups excluding tert-OH is 4. The van der Waals surface area contributed by atoms with Gasteiger partial charge in [-0.3, -0.25) is 0 Å². The summed E-state index contributed by atoms with van der Waals surface area (Å²) in [7, 11) is 2.71. The number of carbonyl (C=O) groups is 1. The summed E-state index contributed by atoms with van der Waals surface area (Å²) in [6, 6.07) is 2.91. The van der Waals surface area contributed by atoms with Crippen LogP contribution in [0.1, 0.15) is 5.56 Å². The van der Waals surface area contributed by atoms with Crippen LogP contribution in [-0.4, -0.2) is 83.0 Å². The lowest BCUT2D eigenvalue weighted by Gasteiger charge is -2.38. The van der Waals surface area contributed by atoms with Crippen LogP contribution in [0.15, 0.2) is 18.2 Å². The van der Waals surface area contributed by atoms with Crippen molar-refractivity contribution < 1.29 is 49.3 Å². The zero-order valence-corrected chi connectivity index (χ0v) is 14.7. The van der Waals surface area contributed by atoms with E-state index in [0.717, 1.165) is 6.08 Å². The number of phenolic OH excluding ortho intramolecular Hbond substituents is 1. The van der Waals surface area contributed by atoms with Crippen molar-refractivity contribution >= 4 is 12.0 Å². The molecule has 1 aliphatic rings. The second-order valence-electron chi connectivity index (χ2n) is 5.74. The maximum atomic E-state index is 12.0. The first kappa shape index (κ1) is 20.9. The van der Waals surface area contributed by atoms with Gasteiger partial charge in [-0.25, -0.2) is 4.79 Å². The number of methoxy groups -OCH3 is 2. The fourth-order valence-corrected chi connectivity index (χ4v) is 2.49. The monoisotopic (exact) mass is 386 g/mol. The molecule has 1 fully saturated rings. The Morgan fingerprint density at radius 1 is 1.11 bits per heavy atom. The standard InChI is InChI=1S/C17H22O10/c1-24-9-5-8(6-10(25-2)13(9)20)3-4-12(19)27-17-16(23)15(22)14(21)11(7-18)26-17/h3-6,11,14-18,20-23H,7H2,1-2H3/t11-,14-,15+,16-,17-/m1/s1. The molecule has 0 saturated carbocycles. The largest absolute Gasteiger partial charge is 0.502 e. The Hall–Kier alpha value is -2.37. The Bertz CT molecular complexity index is 661. The molecular formula is C17H22O10. The quantitative estimate of drug-likeness (QED) is 0.296. The van der Waals surface area contributed by atoms with Crippen molar-refractivity contribution in [2.75, 3.05) is 20.8 Å². The number of esters is 1. The molecule has 1 aromatic rings. The third-order valence-corrected chi connectivity index (χ3v) is 3.99. The van der Waals surface area contributed by atoms with Crippen LogP contribution in [0.4, 0.5) is 0 Å². The number of hydrogen-bond acceptors (Lipinski definition) is 10. The maximum Gasteiger partial charge on any atom is 0.333 e. The minimum atomic E-state index is -1.69. The lowest BCUT2D eigenvalue weighted by molar-refractivity contribution is -0.291. The van der Waals surface area contributed by atoms with E-state index in [4.69, 9.17) is 24.1 Å². The van der Waals surface area contributed by atoms with Crippen LogP contribution in [0.5, 0.6) is 17.2 Å². The number of phenols is 1. The number of aliphatic hydroxyl groups is 4. The van der Waals surface area contributed by atoms with Crippen LogP contribution in [0.3, 0.4) is 0 Å². The van der Waals surface area contributed by atoms with Crippen LogP contribution >= 0.6 is 0 Å². The van der Waals surface area contributed by atoms with Gasteiger partial charge in [-0.2, -0.15) is 0 Å². The van der Waals surface area contributed by atoms with Crippen molar-refractivity contribution in [3.05, 3.63) is 23.8 Å². The van der Waals surface area contributed by atoms with E-state index in [9.17, 15) is 25.2 Å².